The van der Waals surface area contributed by atoms with Crippen molar-refractivity contribution >= 4 is 18.0 Å². The standard InChI is InChI=1S/C29H33N3O4/c1-21(2)17-26(31-28(33)20-36-27-12-8-7-9-22(27)3)29(34)32-30-18-23-13-15-25(16-14-23)35-19-24-10-5-4-6-11-24/h4-16,18,21,26H,17,19-20H2,1-3H3,(H,31,33)(H,32,34)/b30-18-/t26-/m0/s1. The predicted molar refractivity (Wildman–Crippen MR) is 141 cm³/mol. The molecule has 3 aromatic rings. The van der Waals surface area contributed by atoms with E-state index in [1.54, 1.807) is 12.3 Å². The quantitative estimate of drug-likeness (QED) is 0.288. The number of carbonyl (C=O) groups excluding carboxylic acids is 2. The van der Waals surface area contributed by atoms with E-state index in [1.165, 1.54) is 0 Å². The van der Waals surface area contributed by atoms with Crippen LogP contribution in [0.3, 0.4) is 0 Å². The van der Waals surface area contributed by atoms with Crippen molar-refractivity contribution < 1.29 is 19.1 Å². The van der Waals surface area contributed by atoms with E-state index in [9.17, 15) is 9.59 Å². The zero-order chi connectivity index (χ0) is 25.8. The summed E-state index contributed by atoms with van der Waals surface area (Å²) in [6.07, 6.45) is 2.03. The number of aryl methyl sites for hydroxylation is 1. The monoisotopic (exact) mass is 487 g/mol. The van der Waals surface area contributed by atoms with Gasteiger partial charge in [0, 0.05) is 0 Å². The molecule has 0 aliphatic rings. The van der Waals surface area contributed by atoms with Gasteiger partial charge in [-0.15, -0.1) is 0 Å². The first-order chi connectivity index (χ1) is 17.4. The molecule has 7 heteroatoms. The highest BCUT2D eigenvalue weighted by Gasteiger charge is 2.22. The fourth-order valence-corrected chi connectivity index (χ4v) is 3.44. The van der Waals surface area contributed by atoms with Crippen LogP contribution in [0.5, 0.6) is 11.5 Å². The molecule has 0 bridgehead atoms. The second-order valence-electron chi connectivity index (χ2n) is 8.88. The average Bonchev–Trinajstić information content (AvgIpc) is 2.87. The molecule has 36 heavy (non-hydrogen) atoms. The maximum atomic E-state index is 12.7. The van der Waals surface area contributed by atoms with Gasteiger partial charge in [0.25, 0.3) is 11.8 Å². The molecule has 3 rings (SSSR count). The molecule has 0 aromatic heterocycles. The largest absolute Gasteiger partial charge is 0.489 e. The van der Waals surface area contributed by atoms with Crippen LogP contribution in [0.25, 0.3) is 0 Å². The van der Waals surface area contributed by atoms with Crippen molar-refractivity contribution in [1.29, 1.82) is 0 Å². The molecule has 0 radical (unpaired) electrons. The van der Waals surface area contributed by atoms with E-state index in [0.717, 1.165) is 22.4 Å². The Morgan fingerprint density at radius 2 is 1.61 bits per heavy atom. The van der Waals surface area contributed by atoms with Gasteiger partial charge >= 0.3 is 0 Å². The van der Waals surface area contributed by atoms with Crippen molar-refractivity contribution in [2.24, 2.45) is 11.0 Å². The van der Waals surface area contributed by atoms with E-state index in [-0.39, 0.29) is 24.3 Å². The van der Waals surface area contributed by atoms with Gasteiger partial charge in [0.2, 0.25) is 0 Å². The van der Waals surface area contributed by atoms with Gasteiger partial charge in [0.05, 0.1) is 6.21 Å². The third kappa shape index (κ3) is 8.91. The third-order valence-electron chi connectivity index (χ3n) is 5.33. The fourth-order valence-electron chi connectivity index (χ4n) is 3.44. The van der Waals surface area contributed by atoms with Gasteiger partial charge in [-0.25, -0.2) is 5.43 Å². The Morgan fingerprint density at radius 3 is 2.31 bits per heavy atom. The zero-order valence-corrected chi connectivity index (χ0v) is 20.9. The van der Waals surface area contributed by atoms with Crippen molar-refractivity contribution in [2.45, 2.75) is 39.8 Å². The lowest BCUT2D eigenvalue weighted by Gasteiger charge is -2.19. The molecule has 0 aliphatic carbocycles. The van der Waals surface area contributed by atoms with Crippen LogP contribution in [0, 0.1) is 12.8 Å². The minimum Gasteiger partial charge on any atom is -0.489 e. The highest BCUT2D eigenvalue weighted by molar-refractivity contribution is 5.89. The molecule has 0 saturated carbocycles. The number of ether oxygens (including phenoxy) is 2. The highest BCUT2D eigenvalue weighted by atomic mass is 16.5. The van der Waals surface area contributed by atoms with Crippen molar-refractivity contribution in [1.82, 2.24) is 10.7 Å². The fraction of sp³-hybridized carbons (Fsp3) is 0.276. The number of rotatable bonds is 12. The molecule has 1 atom stereocenters. The van der Waals surface area contributed by atoms with Crippen LogP contribution in [-0.4, -0.2) is 30.7 Å². The summed E-state index contributed by atoms with van der Waals surface area (Å²) in [7, 11) is 0. The molecule has 2 amide bonds. The van der Waals surface area contributed by atoms with Gasteiger partial charge in [-0.1, -0.05) is 62.4 Å². The number of benzene rings is 3. The Hall–Kier alpha value is -4.13. The maximum Gasteiger partial charge on any atom is 0.262 e. The Labute approximate surface area is 212 Å². The van der Waals surface area contributed by atoms with Crippen LogP contribution in [-0.2, 0) is 16.2 Å². The molecule has 0 aliphatic heterocycles. The van der Waals surface area contributed by atoms with Gasteiger partial charge in [-0.3, -0.25) is 9.59 Å². The van der Waals surface area contributed by atoms with Gasteiger partial charge in [0.1, 0.15) is 24.1 Å². The molecule has 3 aromatic carbocycles. The molecule has 188 valence electrons. The van der Waals surface area contributed by atoms with Crippen LogP contribution in [0.4, 0.5) is 0 Å². The van der Waals surface area contributed by atoms with Gasteiger partial charge < -0.3 is 14.8 Å². The van der Waals surface area contributed by atoms with Crippen LogP contribution in [0.15, 0.2) is 84.0 Å². The van der Waals surface area contributed by atoms with E-state index in [4.69, 9.17) is 9.47 Å². The minimum absolute atomic E-state index is 0.172. The van der Waals surface area contributed by atoms with E-state index in [1.807, 2.05) is 93.6 Å². The summed E-state index contributed by atoms with van der Waals surface area (Å²) in [6.45, 7) is 6.20. The predicted octanol–water partition coefficient (Wildman–Crippen LogP) is 4.63. The molecule has 0 unspecified atom stereocenters. The zero-order valence-electron chi connectivity index (χ0n) is 20.9. The van der Waals surface area contributed by atoms with E-state index in [2.05, 4.69) is 15.8 Å². The number of nitrogens with zero attached hydrogens (tertiary/aromatic N) is 1. The maximum absolute atomic E-state index is 12.7. The summed E-state index contributed by atoms with van der Waals surface area (Å²) in [5.74, 6) is 0.832. The summed E-state index contributed by atoms with van der Waals surface area (Å²) >= 11 is 0. The van der Waals surface area contributed by atoms with Crippen LogP contribution in [0.1, 0.15) is 37.0 Å². The number of carbonyl (C=O) groups is 2. The van der Waals surface area contributed by atoms with E-state index >= 15 is 0 Å². The first-order valence-corrected chi connectivity index (χ1v) is 12.0. The lowest BCUT2D eigenvalue weighted by molar-refractivity contribution is -0.130. The van der Waals surface area contributed by atoms with Gasteiger partial charge in [-0.2, -0.15) is 5.10 Å². The molecule has 0 spiro atoms. The van der Waals surface area contributed by atoms with Crippen molar-refractivity contribution in [2.75, 3.05) is 6.61 Å². The Morgan fingerprint density at radius 1 is 0.917 bits per heavy atom. The lowest BCUT2D eigenvalue weighted by Crippen LogP contribution is -2.47. The number of nitrogens with one attached hydrogen (secondary N) is 2. The summed E-state index contributed by atoms with van der Waals surface area (Å²) in [5.41, 5.74) is 5.36. The summed E-state index contributed by atoms with van der Waals surface area (Å²) in [5, 5.41) is 6.81. The number of hydrazone groups is 1. The van der Waals surface area contributed by atoms with Crippen molar-refractivity contribution in [3.05, 3.63) is 95.6 Å². The Balaban J connectivity index is 1.49. The topological polar surface area (TPSA) is 89.0 Å². The summed E-state index contributed by atoms with van der Waals surface area (Å²) in [6, 6.07) is 24.1. The Bertz CT molecular complexity index is 1140. The second kappa shape index (κ2) is 13.7. The minimum atomic E-state index is -0.719. The van der Waals surface area contributed by atoms with Crippen LogP contribution >= 0.6 is 0 Å². The van der Waals surface area contributed by atoms with Crippen LogP contribution < -0.4 is 20.2 Å². The number of hydrogen-bond acceptors (Lipinski definition) is 5. The first-order valence-electron chi connectivity index (χ1n) is 12.0. The molecular formula is C29H33N3O4. The molecular weight excluding hydrogens is 454 g/mol. The van der Waals surface area contributed by atoms with Gasteiger partial charge in [-0.05, 0) is 66.3 Å². The number of hydrogen-bond donors (Lipinski definition) is 2. The smallest absolute Gasteiger partial charge is 0.262 e. The lowest BCUT2D eigenvalue weighted by atomic mass is 10.0. The van der Waals surface area contributed by atoms with E-state index < -0.39 is 6.04 Å². The number of para-hydroxylation sites is 1. The SMILES string of the molecule is Cc1ccccc1OCC(=O)N[C@@H](CC(C)C)C(=O)N/N=C\c1ccc(OCc2ccccc2)cc1. The molecule has 0 fully saturated rings. The average molecular weight is 488 g/mol. The molecule has 2 N–H and O–H groups in total. The Kier molecular flexibility index (Phi) is 10.1. The van der Waals surface area contributed by atoms with Crippen molar-refractivity contribution in [3.63, 3.8) is 0 Å². The second-order valence-corrected chi connectivity index (χ2v) is 8.88. The van der Waals surface area contributed by atoms with E-state index in [0.29, 0.717) is 18.8 Å². The van der Waals surface area contributed by atoms with Gasteiger partial charge in [0.15, 0.2) is 6.61 Å². The molecule has 0 heterocycles. The molecule has 7 nitrogen and oxygen atoms in total. The highest BCUT2D eigenvalue weighted by Crippen LogP contribution is 2.16. The normalized spacial score (nSPS) is 11.8. The molecule has 0 saturated heterocycles. The summed E-state index contributed by atoms with van der Waals surface area (Å²) in [4.78, 5) is 25.1. The van der Waals surface area contributed by atoms with Crippen LogP contribution in [0.2, 0.25) is 0 Å². The number of amides is 2. The first kappa shape index (κ1) is 26.5. The summed E-state index contributed by atoms with van der Waals surface area (Å²) < 4.78 is 11.4. The third-order valence-corrected chi connectivity index (χ3v) is 5.33. The van der Waals surface area contributed by atoms with Crippen molar-refractivity contribution in [3.8, 4) is 11.5 Å².